The minimum Gasteiger partial charge on any atom is -0.478 e. The topological polar surface area (TPSA) is 118 Å². The van der Waals surface area contributed by atoms with Crippen LogP contribution in [0.25, 0.3) is 0 Å². The molecule has 118 valence electrons. The molecule has 0 amide bonds. The van der Waals surface area contributed by atoms with Crippen LogP contribution in [0, 0.1) is 0 Å². The zero-order valence-corrected chi connectivity index (χ0v) is 13.4. The molecule has 0 unspecified atom stereocenters. The second-order valence-corrected chi connectivity index (χ2v) is 8.73. The molecule has 21 heavy (non-hydrogen) atoms. The van der Waals surface area contributed by atoms with Crippen molar-refractivity contribution >= 4 is 37.4 Å². The van der Waals surface area contributed by atoms with Gasteiger partial charge >= 0.3 is 5.97 Å². The van der Waals surface area contributed by atoms with Crippen LogP contribution in [-0.2, 0) is 19.9 Å². The highest BCUT2D eigenvalue weighted by Gasteiger charge is 2.19. The number of aromatic carboxylic acids is 1. The molecule has 0 radical (unpaired) electrons. The van der Waals surface area contributed by atoms with Crippen LogP contribution in [0.4, 0.5) is 0 Å². The summed E-state index contributed by atoms with van der Waals surface area (Å²) in [6.07, 6.45) is 0. The molecule has 0 atom stereocenters. The summed E-state index contributed by atoms with van der Waals surface area (Å²) in [7, 11) is -7.29. The maximum atomic E-state index is 12.0. The summed E-state index contributed by atoms with van der Waals surface area (Å²) in [5.41, 5.74) is -0.347. The molecule has 1 rings (SSSR count). The van der Waals surface area contributed by atoms with Crippen LogP contribution in [0.3, 0.4) is 0 Å². The third kappa shape index (κ3) is 4.95. The molecule has 0 aliphatic carbocycles. The Labute approximate surface area is 127 Å². The minimum atomic E-state index is -4.00. The molecule has 0 aromatic heterocycles. The molecule has 0 saturated carbocycles. The molecule has 0 aliphatic heterocycles. The Bertz CT molecular complexity index is 742. The molecule has 0 aliphatic rings. The number of hydrogen-bond donors (Lipinski definition) is 2. The highest BCUT2D eigenvalue weighted by atomic mass is 35.5. The van der Waals surface area contributed by atoms with Gasteiger partial charge in [0.2, 0.25) is 10.0 Å². The number of nitrogens with one attached hydrogen (secondary N) is 1. The lowest BCUT2D eigenvalue weighted by atomic mass is 10.2. The fourth-order valence-corrected chi connectivity index (χ4v) is 3.48. The third-order valence-electron chi connectivity index (χ3n) is 2.62. The van der Waals surface area contributed by atoms with E-state index in [1.807, 2.05) is 0 Å². The SMILES string of the molecule is CCS(=O)(=O)CCNS(=O)(=O)c1ccc(Cl)c(C(=O)O)c1. The number of sulfonamides is 1. The van der Waals surface area contributed by atoms with Gasteiger partial charge < -0.3 is 5.11 Å². The second-order valence-electron chi connectivity index (χ2n) is 4.08. The predicted octanol–water partition coefficient (Wildman–Crippen LogP) is 0.751. The maximum Gasteiger partial charge on any atom is 0.337 e. The van der Waals surface area contributed by atoms with Crippen molar-refractivity contribution in [3.63, 3.8) is 0 Å². The Balaban J connectivity index is 2.94. The summed E-state index contributed by atoms with van der Waals surface area (Å²) in [6.45, 7) is 1.17. The van der Waals surface area contributed by atoms with Crippen molar-refractivity contribution in [1.29, 1.82) is 0 Å². The first-order valence-corrected chi connectivity index (χ1v) is 9.50. The number of benzene rings is 1. The van der Waals surface area contributed by atoms with E-state index in [1.165, 1.54) is 6.92 Å². The number of carbonyl (C=O) groups is 1. The van der Waals surface area contributed by atoms with Crippen LogP contribution in [0.15, 0.2) is 23.1 Å². The van der Waals surface area contributed by atoms with Crippen LogP contribution in [-0.4, -0.2) is 46.0 Å². The first kappa shape index (κ1) is 17.9. The van der Waals surface area contributed by atoms with Gasteiger partial charge in [-0.15, -0.1) is 0 Å². The van der Waals surface area contributed by atoms with E-state index in [1.54, 1.807) is 0 Å². The molecule has 10 heteroatoms. The number of hydrogen-bond acceptors (Lipinski definition) is 5. The average Bonchev–Trinajstić information content (AvgIpc) is 2.38. The molecule has 0 heterocycles. The lowest BCUT2D eigenvalue weighted by Crippen LogP contribution is -2.29. The molecule has 0 fully saturated rings. The van der Waals surface area contributed by atoms with E-state index in [-0.39, 0.29) is 33.5 Å². The molecular formula is C11H14ClNO6S2. The number of sulfone groups is 1. The second kappa shape index (κ2) is 6.73. The smallest absolute Gasteiger partial charge is 0.337 e. The van der Waals surface area contributed by atoms with Gasteiger partial charge in [0.15, 0.2) is 9.84 Å². The largest absolute Gasteiger partial charge is 0.478 e. The predicted molar refractivity (Wildman–Crippen MR) is 77.9 cm³/mol. The van der Waals surface area contributed by atoms with Gasteiger partial charge in [-0.1, -0.05) is 18.5 Å². The highest BCUT2D eigenvalue weighted by molar-refractivity contribution is 7.91. The summed E-state index contributed by atoms with van der Waals surface area (Å²) in [5, 5.41) is 8.80. The van der Waals surface area contributed by atoms with Gasteiger partial charge in [-0.2, -0.15) is 0 Å². The Morgan fingerprint density at radius 1 is 1.29 bits per heavy atom. The van der Waals surface area contributed by atoms with E-state index in [2.05, 4.69) is 4.72 Å². The zero-order valence-electron chi connectivity index (χ0n) is 11.0. The summed E-state index contributed by atoms with van der Waals surface area (Å²) in [4.78, 5) is 10.6. The summed E-state index contributed by atoms with van der Waals surface area (Å²) >= 11 is 5.65. The molecule has 1 aromatic rings. The van der Waals surface area contributed by atoms with Gasteiger partial charge in [-0.25, -0.2) is 26.4 Å². The minimum absolute atomic E-state index is 0.0845. The van der Waals surface area contributed by atoms with Gasteiger partial charge in [0, 0.05) is 12.3 Å². The van der Waals surface area contributed by atoms with Crippen LogP contribution in [0.1, 0.15) is 17.3 Å². The summed E-state index contributed by atoms with van der Waals surface area (Å²) in [5.74, 6) is -1.77. The van der Waals surface area contributed by atoms with E-state index in [9.17, 15) is 21.6 Å². The number of carboxylic acid groups (broad SMARTS) is 1. The lowest BCUT2D eigenvalue weighted by molar-refractivity contribution is 0.0697. The van der Waals surface area contributed by atoms with E-state index < -0.39 is 25.8 Å². The summed E-state index contributed by atoms with van der Waals surface area (Å²) in [6, 6.07) is 3.22. The molecule has 1 aromatic carbocycles. The van der Waals surface area contributed by atoms with Crippen molar-refractivity contribution in [2.45, 2.75) is 11.8 Å². The number of halogens is 1. The van der Waals surface area contributed by atoms with Crippen molar-refractivity contribution in [3.05, 3.63) is 28.8 Å². The van der Waals surface area contributed by atoms with Crippen LogP contribution < -0.4 is 4.72 Å². The molecule has 0 bridgehead atoms. The molecule has 0 spiro atoms. The molecule has 2 N–H and O–H groups in total. The van der Waals surface area contributed by atoms with Gasteiger partial charge in [-0.05, 0) is 18.2 Å². The fraction of sp³-hybridized carbons (Fsp3) is 0.364. The molecular weight excluding hydrogens is 342 g/mol. The molecule has 7 nitrogen and oxygen atoms in total. The Hall–Kier alpha value is -1.16. The highest BCUT2D eigenvalue weighted by Crippen LogP contribution is 2.20. The third-order valence-corrected chi connectivity index (χ3v) is 6.12. The molecule has 0 saturated heterocycles. The van der Waals surface area contributed by atoms with Gasteiger partial charge in [0.05, 0.1) is 21.2 Å². The van der Waals surface area contributed by atoms with Crippen LogP contribution in [0.2, 0.25) is 5.02 Å². The van der Waals surface area contributed by atoms with Crippen molar-refractivity contribution in [2.75, 3.05) is 18.1 Å². The standard InChI is InChI=1S/C11H14ClNO6S2/c1-2-20(16,17)6-5-13-21(18,19)8-3-4-10(12)9(7-8)11(14)15/h3-4,7,13H,2,5-6H2,1H3,(H,14,15). The van der Waals surface area contributed by atoms with E-state index in [0.29, 0.717) is 0 Å². The van der Waals surface area contributed by atoms with Crippen LogP contribution in [0.5, 0.6) is 0 Å². The van der Waals surface area contributed by atoms with E-state index in [0.717, 1.165) is 18.2 Å². The van der Waals surface area contributed by atoms with Gasteiger partial charge in [0.1, 0.15) is 0 Å². The first-order chi connectivity index (χ1) is 9.59. The van der Waals surface area contributed by atoms with Crippen molar-refractivity contribution in [1.82, 2.24) is 4.72 Å². The maximum absolute atomic E-state index is 12.0. The number of rotatable bonds is 7. The van der Waals surface area contributed by atoms with Crippen molar-refractivity contribution in [2.24, 2.45) is 0 Å². The normalized spacial score (nSPS) is 12.3. The first-order valence-electron chi connectivity index (χ1n) is 5.82. The van der Waals surface area contributed by atoms with Crippen molar-refractivity contribution < 1.29 is 26.7 Å². The lowest BCUT2D eigenvalue weighted by Gasteiger charge is -2.08. The van der Waals surface area contributed by atoms with Crippen molar-refractivity contribution in [3.8, 4) is 0 Å². The Morgan fingerprint density at radius 2 is 1.90 bits per heavy atom. The van der Waals surface area contributed by atoms with Crippen LogP contribution >= 0.6 is 11.6 Å². The summed E-state index contributed by atoms with van der Waals surface area (Å²) < 4.78 is 48.6. The van der Waals surface area contributed by atoms with Gasteiger partial charge in [-0.3, -0.25) is 0 Å². The van der Waals surface area contributed by atoms with E-state index in [4.69, 9.17) is 16.7 Å². The fourth-order valence-electron chi connectivity index (χ4n) is 1.39. The average molecular weight is 356 g/mol. The monoisotopic (exact) mass is 355 g/mol. The van der Waals surface area contributed by atoms with Gasteiger partial charge in [0.25, 0.3) is 0 Å². The quantitative estimate of drug-likeness (QED) is 0.745. The zero-order chi connectivity index (χ0) is 16.3. The van der Waals surface area contributed by atoms with E-state index >= 15 is 0 Å². The Morgan fingerprint density at radius 3 is 2.43 bits per heavy atom. The number of carboxylic acids is 1. The Kier molecular flexibility index (Phi) is 5.74.